The number of aromatic nitrogens is 2. The maximum Gasteiger partial charge on any atom is 0.140 e. The van der Waals surface area contributed by atoms with E-state index in [0.29, 0.717) is 0 Å². The average Bonchev–Trinajstić information content (AvgIpc) is 2.86. The summed E-state index contributed by atoms with van der Waals surface area (Å²) in [6, 6.07) is 15.1. The molecule has 0 saturated carbocycles. The van der Waals surface area contributed by atoms with E-state index < -0.39 is 0 Å². The van der Waals surface area contributed by atoms with Crippen LogP contribution < -0.4 is 5.32 Å². The van der Waals surface area contributed by atoms with Gasteiger partial charge in [-0.05, 0) is 36.4 Å². The molecule has 0 bridgehead atoms. The van der Waals surface area contributed by atoms with Gasteiger partial charge in [-0.1, -0.05) is 22.0 Å². The number of hydrogen-bond donors (Lipinski definition) is 3. The first-order valence-corrected chi connectivity index (χ1v) is 7.62. The van der Waals surface area contributed by atoms with Crippen LogP contribution >= 0.6 is 15.9 Å². The number of nitrogens with zero attached hydrogens (tertiary/aromatic N) is 1. The quantitative estimate of drug-likeness (QED) is 0.478. The highest BCUT2D eigenvalue weighted by molar-refractivity contribution is 9.10. The molecular weight excluding hydrogens is 342 g/mol. The Hall–Kier alpha value is -2.53. The van der Waals surface area contributed by atoms with Crippen molar-refractivity contribution in [1.82, 2.24) is 9.97 Å². The summed E-state index contributed by atoms with van der Waals surface area (Å²) in [6.07, 6.45) is 1.76. The van der Waals surface area contributed by atoms with Gasteiger partial charge in [0.25, 0.3) is 0 Å². The first-order chi connectivity index (χ1) is 10.7. The van der Waals surface area contributed by atoms with Crippen LogP contribution in [0.3, 0.4) is 0 Å². The van der Waals surface area contributed by atoms with Crippen LogP contribution in [-0.2, 0) is 0 Å². The van der Waals surface area contributed by atoms with Gasteiger partial charge in [-0.25, -0.2) is 4.98 Å². The Morgan fingerprint density at radius 2 is 2.00 bits per heavy atom. The van der Waals surface area contributed by atoms with E-state index in [1.807, 2.05) is 30.3 Å². The molecule has 0 radical (unpaired) electrons. The second-order valence-electron chi connectivity index (χ2n) is 5.07. The Morgan fingerprint density at radius 3 is 2.86 bits per heavy atom. The van der Waals surface area contributed by atoms with Crippen molar-refractivity contribution in [2.24, 2.45) is 0 Å². The van der Waals surface area contributed by atoms with Crippen molar-refractivity contribution in [3.05, 3.63) is 59.2 Å². The summed E-state index contributed by atoms with van der Waals surface area (Å²) in [6.45, 7) is 0. The Morgan fingerprint density at radius 1 is 1.09 bits per heavy atom. The summed E-state index contributed by atoms with van der Waals surface area (Å²) in [4.78, 5) is 7.73. The first-order valence-electron chi connectivity index (χ1n) is 6.83. The lowest BCUT2D eigenvalue weighted by Gasteiger charge is -2.08. The molecule has 2 heterocycles. The number of nitrogens with one attached hydrogen (secondary N) is 2. The van der Waals surface area contributed by atoms with Gasteiger partial charge >= 0.3 is 0 Å². The summed E-state index contributed by atoms with van der Waals surface area (Å²) in [5, 5.41) is 15.1. The van der Waals surface area contributed by atoms with E-state index in [4.69, 9.17) is 0 Å². The highest BCUT2D eigenvalue weighted by atomic mass is 79.9. The van der Waals surface area contributed by atoms with E-state index in [1.165, 1.54) is 0 Å². The molecule has 0 saturated heterocycles. The molecule has 0 aliphatic heterocycles. The van der Waals surface area contributed by atoms with Gasteiger partial charge in [0.2, 0.25) is 0 Å². The number of aromatic amines is 1. The number of halogens is 1. The van der Waals surface area contributed by atoms with Crippen molar-refractivity contribution in [3.63, 3.8) is 0 Å². The number of phenolic OH excluding ortho intramolecular Hbond substituents is 1. The van der Waals surface area contributed by atoms with E-state index in [1.54, 1.807) is 18.3 Å². The van der Waals surface area contributed by atoms with E-state index in [2.05, 4.69) is 37.3 Å². The highest BCUT2D eigenvalue weighted by Gasteiger charge is 2.10. The van der Waals surface area contributed by atoms with E-state index in [0.717, 1.165) is 37.8 Å². The fourth-order valence-corrected chi connectivity index (χ4v) is 2.99. The second kappa shape index (κ2) is 5.03. The number of pyridine rings is 1. The van der Waals surface area contributed by atoms with Crippen LogP contribution in [0.2, 0.25) is 0 Å². The van der Waals surface area contributed by atoms with Gasteiger partial charge in [0.15, 0.2) is 0 Å². The maximum atomic E-state index is 9.61. The Kier molecular flexibility index (Phi) is 3.01. The standard InChI is InChI=1S/C17H12BrN3O/c18-10-4-5-14-13(8-10)16-15(6-7-19-17(16)21-14)20-11-2-1-3-12(22)9-11/h1-9,22H,(H2,19,20,21). The molecule has 108 valence electrons. The largest absolute Gasteiger partial charge is 0.508 e. The minimum absolute atomic E-state index is 0.233. The zero-order valence-corrected chi connectivity index (χ0v) is 13.1. The molecule has 0 spiro atoms. The predicted molar refractivity (Wildman–Crippen MR) is 92.7 cm³/mol. The van der Waals surface area contributed by atoms with Crippen molar-refractivity contribution in [2.75, 3.05) is 5.32 Å². The van der Waals surface area contributed by atoms with Crippen molar-refractivity contribution in [1.29, 1.82) is 0 Å². The number of fused-ring (bicyclic) bond motifs is 3. The van der Waals surface area contributed by atoms with E-state index >= 15 is 0 Å². The molecular formula is C17H12BrN3O. The van der Waals surface area contributed by atoms with Gasteiger partial charge in [-0.15, -0.1) is 0 Å². The molecule has 4 nitrogen and oxygen atoms in total. The van der Waals surface area contributed by atoms with Crippen LogP contribution in [0.5, 0.6) is 5.75 Å². The third kappa shape index (κ3) is 2.19. The fraction of sp³-hybridized carbons (Fsp3) is 0. The van der Waals surface area contributed by atoms with E-state index in [9.17, 15) is 5.11 Å². The van der Waals surface area contributed by atoms with Crippen molar-refractivity contribution in [2.45, 2.75) is 0 Å². The molecule has 0 unspecified atom stereocenters. The number of benzene rings is 2. The molecule has 2 aromatic carbocycles. The van der Waals surface area contributed by atoms with Crippen LogP contribution in [0.15, 0.2) is 59.2 Å². The molecule has 22 heavy (non-hydrogen) atoms. The van der Waals surface area contributed by atoms with Crippen LogP contribution in [0.4, 0.5) is 11.4 Å². The number of aromatic hydroxyl groups is 1. The molecule has 0 aliphatic rings. The molecule has 4 rings (SSSR count). The zero-order chi connectivity index (χ0) is 15.1. The summed E-state index contributed by atoms with van der Waals surface area (Å²) in [5.41, 5.74) is 3.64. The summed E-state index contributed by atoms with van der Waals surface area (Å²) >= 11 is 3.52. The lowest BCUT2D eigenvalue weighted by atomic mass is 10.1. The summed E-state index contributed by atoms with van der Waals surface area (Å²) in [5.74, 6) is 0.233. The molecule has 0 amide bonds. The van der Waals surface area contributed by atoms with E-state index in [-0.39, 0.29) is 5.75 Å². The fourth-order valence-electron chi connectivity index (χ4n) is 2.63. The zero-order valence-electron chi connectivity index (χ0n) is 11.5. The molecule has 3 N–H and O–H groups in total. The van der Waals surface area contributed by atoms with Gasteiger partial charge in [0.1, 0.15) is 11.4 Å². The van der Waals surface area contributed by atoms with Gasteiger partial charge in [-0.2, -0.15) is 0 Å². The molecule has 0 aliphatic carbocycles. The maximum absolute atomic E-state index is 9.61. The second-order valence-corrected chi connectivity index (χ2v) is 5.99. The van der Waals surface area contributed by atoms with Crippen LogP contribution in [0.1, 0.15) is 0 Å². The Bertz CT molecular complexity index is 994. The number of anilines is 2. The average molecular weight is 354 g/mol. The monoisotopic (exact) mass is 353 g/mol. The van der Waals surface area contributed by atoms with Crippen LogP contribution in [0, 0.1) is 0 Å². The molecule has 4 aromatic rings. The van der Waals surface area contributed by atoms with Crippen molar-refractivity contribution in [3.8, 4) is 5.75 Å². The highest BCUT2D eigenvalue weighted by Crippen LogP contribution is 2.33. The molecule has 2 aromatic heterocycles. The summed E-state index contributed by atoms with van der Waals surface area (Å²) < 4.78 is 1.02. The summed E-state index contributed by atoms with van der Waals surface area (Å²) in [7, 11) is 0. The number of H-pyrrole nitrogens is 1. The molecule has 0 fully saturated rings. The van der Waals surface area contributed by atoms with Crippen molar-refractivity contribution < 1.29 is 5.11 Å². The lowest BCUT2D eigenvalue weighted by Crippen LogP contribution is -1.91. The number of phenols is 1. The number of rotatable bonds is 2. The topological polar surface area (TPSA) is 60.9 Å². The van der Waals surface area contributed by atoms with Gasteiger partial charge < -0.3 is 15.4 Å². The minimum Gasteiger partial charge on any atom is -0.508 e. The minimum atomic E-state index is 0.233. The van der Waals surface area contributed by atoms with Gasteiger partial charge in [0, 0.05) is 33.3 Å². The number of hydrogen-bond acceptors (Lipinski definition) is 3. The smallest absolute Gasteiger partial charge is 0.140 e. The molecule has 0 atom stereocenters. The lowest BCUT2D eigenvalue weighted by molar-refractivity contribution is 0.475. The van der Waals surface area contributed by atoms with Gasteiger partial charge in [-0.3, -0.25) is 0 Å². The first kappa shape index (κ1) is 13.2. The third-order valence-electron chi connectivity index (χ3n) is 3.58. The van der Waals surface area contributed by atoms with Crippen molar-refractivity contribution >= 4 is 49.2 Å². The predicted octanol–water partition coefficient (Wildman–Crippen LogP) is 4.93. The Balaban J connectivity index is 1.93. The van der Waals surface area contributed by atoms with Crippen LogP contribution in [0.25, 0.3) is 21.9 Å². The Labute approximate surface area is 134 Å². The normalized spacial score (nSPS) is 11.1. The van der Waals surface area contributed by atoms with Crippen LogP contribution in [-0.4, -0.2) is 15.1 Å². The molecule has 5 heteroatoms. The van der Waals surface area contributed by atoms with Gasteiger partial charge in [0.05, 0.1) is 11.1 Å². The third-order valence-corrected chi connectivity index (χ3v) is 4.07. The SMILES string of the molecule is Oc1cccc(Nc2ccnc3[nH]c4ccc(Br)cc4c23)c1.